The largest absolute Gasteiger partial charge is 0.489 e. The van der Waals surface area contributed by atoms with Crippen LogP contribution in [0.2, 0.25) is 0 Å². The highest BCUT2D eigenvalue weighted by Gasteiger charge is 2.34. The van der Waals surface area contributed by atoms with E-state index in [-0.39, 0.29) is 18.2 Å². The van der Waals surface area contributed by atoms with Gasteiger partial charge in [-0.05, 0) is 80.1 Å². The van der Waals surface area contributed by atoms with Crippen LogP contribution in [-0.2, 0) is 17.8 Å². The number of cyclic esters (lactones) is 1. The van der Waals surface area contributed by atoms with E-state index in [4.69, 9.17) is 18.9 Å². The molecule has 3 heterocycles. The molecule has 7 nitrogen and oxygen atoms in total. The van der Waals surface area contributed by atoms with Gasteiger partial charge in [-0.15, -0.1) is 0 Å². The van der Waals surface area contributed by atoms with Crippen LogP contribution in [0.5, 0.6) is 17.2 Å². The Labute approximate surface area is 236 Å². The lowest BCUT2D eigenvalue weighted by Gasteiger charge is -2.36. The number of likely N-dealkylation sites (tertiary alicyclic amines) is 1. The molecule has 3 aromatic carbocycles. The number of amides is 1. The zero-order valence-corrected chi connectivity index (χ0v) is 23.0. The third-order valence-corrected chi connectivity index (χ3v) is 8.23. The Morgan fingerprint density at radius 3 is 2.35 bits per heavy atom. The second-order valence-electron chi connectivity index (χ2n) is 11.1. The summed E-state index contributed by atoms with van der Waals surface area (Å²) >= 11 is 0. The number of rotatable bonds is 10. The third-order valence-electron chi connectivity index (χ3n) is 8.23. The average Bonchev–Trinajstić information content (AvgIpc) is 3.35. The van der Waals surface area contributed by atoms with Gasteiger partial charge in [0.15, 0.2) is 11.5 Å². The molecule has 0 N–H and O–H groups in total. The van der Waals surface area contributed by atoms with E-state index >= 15 is 0 Å². The number of nitrogens with zero attached hydrogens (tertiary/aromatic N) is 2. The summed E-state index contributed by atoms with van der Waals surface area (Å²) in [5, 5.41) is 0. The molecule has 3 aliphatic rings. The lowest BCUT2D eigenvalue weighted by molar-refractivity contribution is 0.0466. The van der Waals surface area contributed by atoms with Crippen LogP contribution in [-0.4, -0.2) is 67.4 Å². The summed E-state index contributed by atoms with van der Waals surface area (Å²) < 4.78 is 23.4. The Morgan fingerprint density at radius 2 is 1.55 bits per heavy atom. The minimum Gasteiger partial charge on any atom is -0.489 e. The molecule has 2 atom stereocenters. The summed E-state index contributed by atoms with van der Waals surface area (Å²) in [6.07, 6.45) is 3.97. The predicted molar refractivity (Wildman–Crippen MR) is 153 cm³/mol. The number of carbonyl (C=O) groups is 1. The Morgan fingerprint density at radius 1 is 0.800 bits per heavy atom. The highest BCUT2D eigenvalue weighted by molar-refractivity contribution is 5.70. The van der Waals surface area contributed by atoms with Gasteiger partial charge < -0.3 is 23.8 Å². The number of hydrogen-bond acceptors (Lipinski definition) is 6. The zero-order valence-electron chi connectivity index (χ0n) is 23.0. The van der Waals surface area contributed by atoms with Crippen LogP contribution >= 0.6 is 0 Å². The molecule has 0 aromatic heterocycles. The van der Waals surface area contributed by atoms with E-state index in [2.05, 4.69) is 29.2 Å². The van der Waals surface area contributed by atoms with Crippen molar-refractivity contribution in [1.29, 1.82) is 0 Å². The third kappa shape index (κ3) is 6.70. The summed E-state index contributed by atoms with van der Waals surface area (Å²) in [6, 6.07) is 26.3. The van der Waals surface area contributed by atoms with Gasteiger partial charge in [0.25, 0.3) is 0 Å². The van der Waals surface area contributed by atoms with Crippen LogP contribution in [0.1, 0.15) is 30.4 Å². The molecule has 40 heavy (non-hydrogen) atoms. The van der Waals surface area contributed by atoms with Gasteiger partial charge in [0, 0.05) is 13.1 Å². The van der Waals surface area contributed by atoms with Crippen LogP contribution in [0.25, 0.3) is 0 Å². The van der Waals surface area contributed by atoms with E-state index in [1.54, 1.807) is 0 Å². The lowest BCUT2D eigenvalue weighted by Crippen LogP contribution is -2.44. The smallest absolute Gasteiger partial charge is 0.410 e. The van der Waals surface area contributed by atoms with Gasteiger partial charge >= 0.3 is 6.09 Å². The number of benzene rings is 3. The fraction of sp³-hybridized carbons (Fsp3) is 0.424. The van der Waals surface area contributed by atoms with Crippen molar-refractivity contribution in [1.82, 2.24) is 9.80 Å². The SMILES string of the molecule is O=C1OC[C@H](Cc2ccc(OCc3ccccc3)cc2)N1CCC1CCN(C[C@H]2COc3ccccc3O2)CC1. The molecule has 1 amide bonds. The number of piperidine rings is 1. The molecule has 0 bridgehead atoms. The Hall–Kier alpha value is -3.71. The van der Waals surface area contributed by atoms with Crippen molar-refractivity contribution in [2.24, 2.45) is 5.92 Å². The van der Waals surface area contributed by atoms with E-state index < -0.39 is 0 Å². The second-order valence-corrected chi connectivity index (χ2v) is 11.1. The highest BCUT2D eigenvalue weighted by Crippen LogP contribution is 2.32. The van der Waals surface area contributed by atoms with Gasteiger partial charge in [-0.25, -0.2) is 4.79 Å². The molecule has 0 unspecified atom stereocenters. The molecule has 6 rings (SSSR count). The van der Waals surface area contributed by atoms with Crippen LogP contribution < -0.4 is 14.2 Å². The maximum Gasteiger partial charge on any atom is 0.410 e. The first kappa shape index (κ1) is 26.5. The first-order chi connectivity index (χ1) is 19.7. The normalized spacial score (nSPS) is 21.3. The van der Waals surface area contributed by atoms with Crippen molar-refractivity contribution in [3.05, 3.63) is 90.0 Å². The van der Waals surface area contributed by atoms with Crippen LogP contribution in [0, 0.1) is 5.92 Å². The fourth-order valence-electron chi connectivity index (χ4n) is 5.89. The minimum atomic E-state index is -0.181. The summed E-state index contributed by atoms with van der Waals surface area (Å²) in [5.41, 5.74) is 2.33. The van der Waals surface area contributed by atoms with Crippen LogP contribution in [0.3, 0.4) is 0 Å². The van der Waals surface area contributed by atoms with Crippen LogP contribution in [0.4, 0.5) is 4.79 Å². The van der Waals surface area contributed by atoms with E-state index in [0.29, 0.717) is 25.7 Å². The second kappa shape index (κ2) is 12.6. The molecule has 0 saturated carbocycles. The van der Waals surface area contributed by atoms with Gasteiger partial charge in [0.05, 0.1) is 6.04 Å². The van der Waals surface area contributed by atoms with Crippen molar-refractivity contribution in [3.63, 3.8) is 0 Å². The highest BCUT2D eigenvalue weighted by atomic mass is 16.6. The summed E-state index contributed by atoms with van der Waals surface area (Å²) in [4.78, 5) is 17.0. The number of ether oxygens (including phenoxy) is 4. The Balaban J connectivity index is 0.929. The molecule has 2 saturated heterocycles. The van der Waals surface area contributed by atoms with E-state index in [0.717, 1.165) is 74.7 Å². The average molecular weight is 543 g/mol. The number of para-hydroxylation sites is 2. The Bertz CT molecular complexity index is 1240. The van der Waals surface area contributed by atoms with Gasteiger partial charge in [0.2, 0.25) is 0 Å². The molecule has 0 spiro atoms. The standard InChI is InChI=1S/C33H38N2O5/c36-33-35(28(23-39-33)20-26-10-12-29(13-11-26)37-22-27-6-2-1-3-7-27)19-16-25-14-17-34(18-15-25)21-30-24-38-31-8-4-5-9-32(31)40-30/h1-13,25,28,30H,14-24H2/t28-,30-/m0/s1. The van der Waals surface area contributed by atoms with Crippen molar-refractivity contribution in [3.8, 4) is 17.2 Å². The van der Waals surface area contributed by atoms with E-state index in [1.165, 1.54) is 5.56 Å². The molecule has 210 valence electrons. The monoisotopic (exact) mass is 542 g/mol. The summed E-state index contributed by atoms with van der Waals surface area (Å²) in [7, 11) is 0. The number of hydrogen-bond donors (Lipinski definition) is 0. The lowest BCUT2D eigenvalue weighted by atomic mass is 9.93. The maximum absolute atomic E-state index is 12.5. The van der Waals surface area contributed by atoms with E-state index in [9.17, 15) is 4.79 Å². The molecule has 2 fully saturated rings. The summed E-state index contributed by atoms with van der Waals surface area (Å²) in [5.74, 6) is 3.15. The fourth-order valence-corrected chi connectivity index (χ4v) is 5.89. The number of fused-ring (bicyclic) bond motifs is 1. The molecular formula is C33H38N2O5. The van der Waals surface area contributed by atoms with Gasteiger partial charge in [-0.2, -0.15) is 0 Å². The molecular weight excluding hydrogens is 504 g/mol. The molecule has 0 aliphatic carbocycles. The van der Waals surface area contributed by atoms with Crippen molar-refractivity contribution < 1.29 is 23.7 Å². The first-order valence-corrected chi connectivity index (χ1v) is 14.5. The Kier molecular flexibility index (Phi) is 8.38. The van der Waals surface area contributed by atoms with Gasteiger partial charge in [-0.1, -0.05) is 54.6 Å². The van der Waals surface area contributed by atoms with Crippen molar-refractivity contribution in [2.75, 3.05) is 39.4 Å². The zero-order chi connectivity index (χ0) is 27.1. The summed E-state index contributed by atoms with van der Waals surface area (Å²) in [6.45, 7) is 5.35. The first-order valence-electron chi connectivity index (χ1n) is 14.5. The van der Waals surface area contributed by atoms with Gasteiger partial charge in [0.1, 0.15) is 31.7 Å². The predicted octanol–water partition coefficient (Wildman–Crippen LogP) is 5.57. The van der Waals surface area contributed by atoms with E-state index in [1.807, 2.05) is 59.5 Å². The molecule has 3 aliphatic heterocycles. The number of carbonyl (C=O) groups excluding carboxylic acids is 1. The van der Waals surface area contributed by atoms with Crippen molar-refractivity contribution in [2.45, 2.75) is 44.4 Å². The molecule has 3 aromatic rings. The molecule has 7 heteroatoms. The van der Waals surface area contributed by atoms with Crippen molar-refractivity contribution >= 4 is 6.09 Å². The quantitative estimate of drug-likeness (QED) is 0.334. The topological polar surface area (TPSA) is 60.5 Å². The van der Waals surface area contributed by atoms with Crippen LogP contribution in [0.15, 0.2) is 78.9 Å². The molecule has 0 radical (unpaired) electrons. The van der Waals surface area contributed by atoms with Gasteiger partial charge in [-0.3, -0.25) is 4.90 Å². The minimum absolute atomic E-state index is 0.0658. The maximum atomic E-state index is 12.5.